The molecule has 0 fully saturated rings. The first-order valence-corrected chi connectivity index (χ1v) is 7.01. The van der Waals surface area contributed by atoms with Gasteiger partial charge in [0, 0.05) is 24.9 Å². The van der Waals surface area contributed by atoms with Crippen molar-refractivity contribution in [3.05, 3.63) is 24.3 Å². The van der Waals surface area contributed by atoms with Crippen LogP contribution in [0.3, 0.4) is 0 Å². The lowest BCUT2D eigenvalue weighted by Crippen LogP contribution is -2.24. The van der Waals surface area contributed by atoms with Crippen LogP contribution in [0.5, 0.6) is 5.75 Å². The maximum absolute atomic E-state index is 9.01. The normalized spacial score (nSPS) is 13.1. The second-order valence-corrected chi connectivity index (χ2v) is 4.75. The van der Waals surface area contributed by atoms with Crippen LogP contribution in [0.2, 0.25) is 0 Å². The summed E-state index contributed by atoms with van der Waals surface area (Å²) in [6.45, 7) is 2.96. The summed E-state index contributed by atoms with van der Waals surface area (Å²) in [7, 11) is 1.63. The largest absolute Gasteiger partial charge is 0.497 e. The number of nitrogens with one attached hydrogen (secondary N) is 1. The molecule has 5 nitrogen and oxygen atoms in total. The van der Waals surface area contributed by atoms with Crippen molar-refractivity contribution in [2.24, 2.45) is 16.6 Å². The Balaban J connectivity index is 2.55. The molecular formula is C15H25N3O2. The molecule has 0 radical (unpaired) electrons. The molecule has 0 spiro atoms. The molecule has 0 bridgehead atoms. The lowest BCUT2D eigenvalue weighted by molar-refractivity contribution is 0.253. The molecule has 1 aromatic carbocycles. The summed E-state index contributed by atoms with van der Waals surface area (Å²) in [6, 6.07) is 7.53. The van der Waals surface area contributed by atoms with Crippen LogP contribution in [0.25, 0.3) is 0 Å². The van der Waals surface area contributed by atoms with Crippen LogP contribution in [-0.4, -0.2) is 31.3 Å². The Labute approximate surface area is 120 Å². The van der Waals surface area contributed by atoms with Gasteiger partial charge in [-0.2, -0.15) is 0 Å². The summed E-state index contributed by atoms with van der Waals surface area (Å²) in [5.41, 5.74) is 6.72. The zero-order valence-electron chi connectivity index (χ0n) is 12.3. The molecule has 0 heterocycles. The molecule has 0 saturated heterocycles. The molecular weight excluding hydrogens is 254 g/mol. The number of hydrogen-bond acceptors (Lipinski definition) is 3. The van der Waals surface area contributed by atoms with E-state index < -0.39 is 0 Å². The number of aliphatic hydroxyl groups excluding tert-OH is 1. The van der Waals surface area contributed by atoms with Crippen molar-refractivity contribution >= 4 is 11.6 Å². The lowest BCUT2D eigenvalue weighted by atomic mass is 10.0. The number of guanidine groups is 1. The van der Waals surface area contributed by atoms with Crippen molar-refractivity contribution in [1.29, 1.82) is 0 Å². The fraction of sp³-hybridized carbons (Fsp3) is 0.533. The van der Waals surface area contributed by atoms with Crippen molar-refractivity contribution in [2.75, 3.05) is 25.6 Å². The van der Waals surface area contributed by atoms with E-state index in [0.717, 1.165) is 30.7 Å². The van der Waals surface area contributed by atoms with E-state index in [9.17, 15) is 0 Å². The van der Waals surface area contributed by atoms with Gasteiger partial charge in [-0.1, -0.05) is 19.4 Å². The van der Waals surface area contributed by atoms with Crippen LogP contribution in [0.15, 0.2) is 29.3 Å². The molecule has 0 aliphatic heterocycles. The number of aliphatic hydroxyl groups is 1. The Morgan fingerprint density at radius 2 is 2.25 bits per heavy atom. The molecule has 1 atom stereocenters. The summed E-state index contributed by atoms with van der Waals surface area (Å²) in [6.07, 6.45) is 2.91. The summed E-state index contributed by atoms with van der Waals surface area (Å²) in [5.74, 6) is 1.54. The van der Waals surface area contributed by atoms with Gasteiger partial charge in [0.25, 0.3) is 0 Å². The first-order chi connectivity index (χ1) is 9.69. The minimum atomic E-state index is 0.198. The summed E-state index contributed by atoms with van der Waals surface area (Å²) >= 11 is 0. The summed E-state index contributed by atoms with van der Waals surface area (Å²) in [4.78, 5) is 4.34. The Morgan fingerprint density at radius 1 is 1.45 bits per heavy atom. The topological polar surface area (TPSA) is 79.9 Å². The van der Waals surface area contributed by atoms with Gasteiger partial charge >= 0.3 is 0 Å². The van der Waals surface area contributed by atoms with Crippen molar-refractivity contribution in [3.63, 3.8) is 0 Å². The van der Waals surface area contributed by atoms with Crippen LogP contribution in [0, 0.1) is 5.92 Å². The van der Waals surface area contributed by atoms with Crippen LogP contribution in [0.1, 0.15) is 26.2 Å². The van der Waals surface area contributed by atoms with Crippen LogP contribution in [0.4, 0.5) is 5.69 Å². The quantitative estimate of drug-likeness (QED) is 0.503. The number of anilines is 1. The van der Waals surface area contributed by atoms with E-state index in [1.54, 1.807) is 7.11 Å². The standard InChI is InChI=1S/C15H25N3O2/c1-3-5-12(8-9-19)11-17-15(16)18-13-6-4-7-14(10-13)20-2/h4,6-7,10,12,19H,3,5,8-9,11H2,1-2H3,(H3,16,17,18). The van der Waals surface area contributed by atoms with Gasteiger partial charge in [0.15, 0.2) is 5.96 Å². The van der Waals surface area contributed by atoms with Gasteiger partial charge in [0.1, 0.15) is 5.75 Å². The monoisotopic (exact) mass is 279 g/mol. The molecule has 0 amide bonds. The molecule has 0 saturated carbocycles. The van der Waals surface area contributed by atoms with E-state index in [-0.39, 0.29) is 6.61 Å². The SMILES string of the molecule is CCCC(CCO)CN=C(N)Nc1cccc(OC)c1. The van der Waals surface area contributed by atoms with E-state index in [4.69, 9.17) is 15.6 Å². The molecule has 20 heavy (non-hydrogen) atoms. The summed E-state index contributed by atoms with van der Waals surface area (Å²) in [5, 5.41) is 12.1. The minimum absolute atomic E-state index is 0.198. The van der Waals surface area contributed by atoms with Crippen LogP contribution >= 0.6 is 0 Å². The number of benzene rings is 1. The van der Waals surface area contributed by atoms with E-state index in [1.165, 1.54) is 0 Å². The van der Waals surface area contributed by atoms with E-state index in [0.29, 0.717) is 18.4 Å². The fourth-order valence-corrected chi connectivity index (χ4v) is 2.03. The second kappa shape index (κ2) is 9.20. The fourth-order valence-electron chi connectivity index (χ4n) is 2.03. The van der Waals surface area contributed by atoms with Crippen molar-refractivity contribution in [1.82, 2.24) is 0 Å². The molecule has 5 heteroatoms. The molecule has 0 aliphatic carbocycles. The van der Waals surface area contributed by atoms with E-state index in [1.807, 2.05) is 24.3 Å². The van der Waals surface area contributed by atoms with Crippen molar-refractivity contribution < 1.29 is 9.84 Å². The Bertz CT molecular complexity index is 415. The Morgan fingerprint density at radius 3 is 2.90 bits per heavy atom. The van der Waals surface area contributed by atoms with E-state index >= 15 is 0 Å². The van der Waals surface area contributed by atoms with Crippen molar-refractivity contribution in [3.8, 4) is 5.75 Å². The number of hydrogen-bond donors (Lipinski definition) is 3. The number of methoxy groups -OCH3 is 1. The van der Waals surface area contributed by atoms with Crippen LogP contribution in [-0.2, 0) is 0 Å². The minimum Gasteiger partial charge on any atom is -0.497 e. The highest BCUT2D eigenvalue weighted by atomic mass is 16.5. The smallest absolute Gasteiger partial charge is 0.193 e. The van der Waals surface area contributed by atoms with Gasteiger partial charge in [0.2, 0.25) is 0 Å². The average Bonchev–Trinajstić information content (AvgIpc) is 2.45. The van der Waals surface area contributed by atoms with Gasteiger partial charge < -0.3 is 20.9 Å². The molecule has 0 aliphatic rings. The third-order valence-corrected chi connectivity index (χ3v) is 3.10. The van der Waals surface area contributed by atoms with E-state index in [2.05, 4.69) is 17.2 Å². The number of nitrogens with zero attached hydrogens (tertiary/aromatic N) is 1. The van der Waals surface area contributed by atoms with Gasteiger partial charge in [-0.05, 0) is 30.9 Å². The van der Waals surface area contributed by atoms with Gasteiger partial charge in [-0.25, -0.2) is 0 Å². The van der Waals surface area contributed by atoms with Gasteiger partial charge in [0.05, 0.1) is 7.11 Å². The first kappa shape index (κ1) is 16.3. The lowest BCUT2D eigenvalue weighted by Gasteiger charge is -2.13. The molecule has 4 N–H and O–H groups in total. The number of nitrogens with two attached hydrogens (primary N) is 1. The zero-order chi connectivity index (χ0) is 14.8. The predicted octanol–water partition coefficient (Wildman–Crippen LogP) is 2.22. The Kier molecular flexibility index (Phi) is 7.50. The second-order valence-electron chi connectivity index (χ2n) is 4.75. The van der Waals surface area contributed by atoms with Crippen molar-refractivity contribution in [2.45, 2.75) is 26.2 Å². The molecule has 112 valence electrons. The third kappa shape index (κ3) is 5.93. The number of rotatable bonds is 8. The van der Waals surface area contributed by atoms with Gasteiger partial charge in [-0.3, -0.25) is 4.99 Å². The van der Waals surface area contributed by atoms with Crippen LogP contribution < -0.4 is 15.8 Å². The zero-order valence-corrected chi connectivity index (χ0v) is 12.3. The Hall–Kier alpha value is -1.75. The highest BCUT2D eigenvalue weighted by Crippen LogP contribution is 2.16. The molecule has 1 unspecified atom stereocenters. The third-order valence-electron chi connectivity index (χ3n) is 3.10. The molecule has 0 aromatic heterocycles. The predicted molar refractivity (Wildman–Crippen MR) is 83.2 cm³/mol. The van der Waals surface area contributed by atoms with Gasteiger partial charge in [-0.15, -0.1) is 0 Å². The number of aliphatic imine (C=N–C) groups is 1. The first-order valence-electron chi connectivity index (χ1n) is 7.01. The maximum Gasteiger partial charge on any atom is 0.193 e. The molecule has 1 rings (SSSR count). The number of ether oxygens (including phenoxy) is 1. The highest BCUT2D eigenvalue weighted by Gasteiger charge is 2.06. The maximum atomic E-state index is 9.01. The molecule has 1 aromatic rings. The summed E-state index contributed by atoms with van der Waals surface area (Å²) < 4.78 is 5.15. The average molecular weight is 279 g/mol. The highest BCUT2D eigenvalue weighted by molar-refractivity contribution is 5.92.